The zero-order valence-corrected chi connectivity index (χ0v) is 19.2. The molecule has 1 aromatic carbocycles. The van der Waals surface area contributed by atoms with Crippen LogP contribution in [0.2, 0.25) is 5.02 Å². The summed E-state index contributed by atoms with van der Waals surface area (Å²) in [6, 6.07) is 4.97. The SMILES string of the molecule is C=CC(=O)Nc1cc(Oc2ncc(C)cc2NS(=O)(=O)c2ccc(Cl)c(C(F)(F)F)c2)n(C)n1. The number of benzene rings is 1. The van der Waals surface area contributed by atoms with E-state index in [1.165, 1.54) is 30.1 Å². The van der Waals surface area contributed by atoms with Gasteiger partial charge in [-0.15, -0.1) is 0 Å². The highest BCUT2D eigenvalue weighted by Gasteiger charge is 2.34. The molecular weight excluding hydrogens is 499 g/mol. The average Bonchev–Trinajstić information content (AvgIpc) is 3.07. The number of nitrogens with zero attached hydrogens (tertiary/aromatic N) is 3. The van der Waals surface area contributed by atoms with Gasteiger partial charge in [0.05, 0.1) is 15.5 Å². The fraction of sp³-hybridized carbons (Fsp3) is 0.150. The van der Waals surface area contributed by atoms with Crippen molar-refractivity contribution in [3.8, 4) is 11.8 Å². The lowest BCUT2D eigenvalue weighted by atomic mass is 10.2. The van der Waals surface area contributed by atoms with Crippen LogP contribution in [0.25, 0.3) is 0 Å². The number of hydrogen-bond acceptors (Lipinski definition) is 6. The first kappa shape index (κ1) is 25.1. The van der Waals surface area contributed by atoms with E-state index in [4.69, 9.17) is 16.3 Å². The third-order valence-corrected chi connectivity index (χ3v) is 5.95. The molecule has 0 radical (unpaired) electrons. The fourth-order valence-electron chi connectivity index (χ4n) is 2.69. The van der Waals surface area contributed by atoms with Crippen molar-refractivity contribution in [2.75, 3.05) is 10.0 Å². The van der Waals surface area contributed by atoms with E-state index < -0.39 is 37.6 Å². The van der Waals surface area contributed by atoms with Crippen LogP contribution in [-0.4, -0.2) is 29.1 Å². The van der Waals surface area contributed by atoms with Crippen molar-refractivity contribution >= 4 is 39.0 Å². The Morgan fingerprint density at radius 1 is 1.26 bits per heavy atom. The number of aromatic nitrogens is 3. The van der Waals surface area contributed by atoms with Crippen molar-refractivity contribution in [1.29, 1.82) is 0 Å². The Morgan fingerprint density at radius 3 is 2.62 bits per heavy atom. The van der Waals surface area contributed by atoms with E-state index in [0.717, 1.165) is 18.2 Å². The summed E-state index contributed by atoms with van der Waals surface area (Å²) in [5.74, 6) is -0.490. The standard InChI is InChI=1S/C20H17ClF3N5O4S/c1-4-17(30)26-16-9-18(29(3)27-16)33-19-15(7-11(2)10-25-19)28-34(31,32)12-5-6-14(21)13(8-12)20(22,23)24/h4-10,28H,1H2,2-3H3,(H,26,27,30). The highest BCUT2D eigenvalue weighted by molar-refractivity contribution is 7.92. The summed E-state index contributed by atoms with van der Waals surface area (Å²) in [6.45, 7) is 4.96. The van der Waals surface area contributed by atoms with E-state index >= 15 is 0 Å². The minimum absolute atomic E-state index is 0.0852. The van der Waals surface area contributed by atoms with Crippen LogP contribution in [0, 0.1) is 6.92 Å². The van der Waals surface area contributed by atoms with Gasteiger partial charge in [0.2, 0.25) is 17.7 Å². The maximum atomic E-state index is 13.2. The monoisotopic (exact) mass is 515 g/mol. The first-order chi connectivity index (χ1) is 15.8. The summed E-state index contributed by atoms with van der Waals surface area (Å²) >= 11 is 5.58. The summed E-state index contributed by atoms with van der Waals surface area (Å²) in [7, 11) is -2.98. The second-order valence-electron chi connectivity index (χ2n) is 6.90. The number of carbonyl (C=O) groups is 1. The Hall–Kier alpha value is -3.58. The number of anilines is 2. The van der Waals surface area contributed by atoms with Crippen LogP contribution in [0.15, 0.2) is 54.1 Å². The van der Waals surface area contributed by atoms with E-state index in [1.54, 1.807) is 6.92 Å². The molecule has 14 heteroatoms. The molecule has 34 heavy (non-hydrogen) atoms. The van der Waals surface area contributed by atoms with Gasteiger partial charge in [-0.1, -0.05) is 18.2 Å². The lowest BCUT2D eigenvalue weighted by Crippen LogP contribution is -2.16. The summed E-state index contributed by atoms with van der Waals surface area (Å²) < 4.78 is 74.3. The van der Waals surface area contributed by atoms with Gasteiger partial charge in [0, 0.05) is 19.3 Å². The van der Waals surface area contributed by atoms with Crippen LogP contribution in [0.3, 0.4) is 0 Å². The fourth-order valence-corrected chi connectivity index (χ4v) is 3.99. The molecule has 0 bridgehead atoms. The summed E-state index contributed by atoms with van der Waals surface area (Å²) in [5.41, 5.74) is -0.887. The minimum atomic E-state index is -4.85. The predicted octanol–water partition coefficient (Wildman–Crippen LogP) is 4.51. The van der Waals surface area contributed by atoms with Crippen molar-refractivity contribution < 1.29 is 31.1 Å². The molecule has 3 aromatic rings. The topological polar surface area (TPSA) is 115 Å². The maximum absolute atomic E-state index is 13.2. The lowest BCUT2D eigenvalue weighted by Gasteiger charge is -2.15. The van der Waals surface area contributed by atoms with Gasteiger partial charge in [-0.05, 0) is 42.8 Å². The number of halogens is 4. The van der Waals surface area contributed by atoms with Crippen LogP contribution in [0.4, 0.5) is 24.7 Å². The van der Waals surface area contributed by atoms with Gasteiger partial charge in [-0.25, -0.2) is 18.1 Å². The van der Waals surface area contributed by atoms with Crippen LogP contribution in [0.5, 0.6) is 11.8 Å². The molecule has 1 amide bonds. The molecule has 0 saturated carbocycles. The van der Waals surface area contributed by atoms with E-state index in [-0.39, 0.29) is 23.3 Å². The number of ether oxygens (including phenoxy) is 1. The van der Waals surface area contributed by atoms with Gasteiger partial charge in [-0.2, -0.15) is 18.3 Å². The molecule has 0 saturated heterocycles. The molecule has 0 spiro atoms. The molecule has 0 atom stereocenters. The second-order valence-corrected chi connectivity index (χ2v) is 8.99. The Balaban J connectivity index is 1.95. The van der Waals surface area contributed by atoms with Crippen LogP contribution in [0.1, 0.15) is 11.1 Å². The second kappa shape index (κ2) is 9.35. The van der Waals surface area contributed by atoms with Crippen LogP contribution < -0.4 is 14.8 Å². The van der Waals surface area contributed by atoms with Crippen LogP contribution >= 0.6 is 11.6 Å². The highest BCUT2D eigenvalue weighted by atomic mass is 35.5. The molecule has 2 heterocycles. The van der Waals surface area contributed by atoms with Gasteiger partial charge in [0.25, 0.3) is 10.0 Å². The normalized spacial score (nSPS) is 11.7. The van der Waals surface area contributed by atoms with Gasteiger partial charge >= 0.3 is 6.18 Å². The van der Waals surface area contributed by atoms with Crippen molar-refractivity contribution in [2.24, 2.45) is 7.05 Å². The number of amides is 1. The van der Waals surface area contributed by atoms with Crippen molar-refractivity contribution in [1.82, 2.24) is 14.8 Å². The molecule has 2 aromatic heterocycles. The molecule has 2 N–H and O–H groups in total. The Morgan fingerprint density at radius 2 is 1.97 bits per heavy atom. The number of rotatable bonds is 7. The Labute approximate surface area is 197 Å². The largest absolute Gasteiger partial charge is 0.419 e. The molecule has 9 nitrogen and oxygen atoms in total. The average molecular weight is 516 g/mol. The number of nitrogens with one attached hydrogen (secondary N) is 2. The smallest absolute Gasteiger partial charge is 0.417 e. The van der Waals surface area contributed by atoms with Gasteiger partial charge < -0.3 is 10.1 Å². The zero-order valence-electron chi connectivity index (χ0n) is 17.6. The van der Waals surface area contributed by atoms with Gasteiger partial charge in [0.1, 0.15) is 5.69 Å². The number of aryl methyl sites for hydroxylation is 2. The summed E-state index contributed by atoms with van der Waals surface area (Å²) in [4.78, 5) is 14.9. The molecule has 0 aliphatic carbocycles. The molecular formula is C20H17ClF3N5O4S. The number of pyridine rings is 1. The van der Waals surface area contributed by atoms with Crippen LogP contribution in [-0.2, 0) is 28.0 Å². The molecule has 0 aliphatic heterocycles. The third-order valence-electron chi connectivity index (χ3n) is 4.26. The van der Waals surface area contributed by atoms with E-state index in [1.807, 2.05) is 0 Å². The Kier molecular flexibility index (Phi) is 6.89. The molecule has 0 fully saturated rings. The Bertz CT molecular complexity index is 1370. The van der Waals surface area contributed by atoms with Crippen molar-refractivity contribution in [3.05, 3.63) is 65.3 Å². The van der Waals surface area contributed by atoms with Gasteiger partial charge in [-0.3, -0.25) is 9.52 Å². The number of carbonyl (C=O) groups excluding carboxylic acids is 1. The predicted molar refractivity (Wildman–Crippen MR) is 118 cm³/mol. The molecule has 0 unspecified atom stereocenters. The summed E-state index contributed by atoms with van der Waals surface area (Å²) in [6.07, 6.45) is -2.40. The van der Waals surface area contributed by atoms with Crippen molar-refractivity contribution in [3.63, 3.8) is 0 Å². The molecule has 0 aliphatic rings. The van der Waals surface area contributed by atoms with E-state index in [9.17, 15) is 26.4 Å². The number of alkyl halides is 3. The zero-order chi connectivity index (χ0) is 25.3. The van der Waals surface area contributed by atoms with Gasteiger partial charge in [0.15, 0.2) is 5.82 Å². The quantitative estimate of drug-likeness (QED) is 0.447. The highest BCUT2D eigenvalue weighted by Crippen LogP contribution is 2.37. The van der Waals surface area contributed by atoms with Crippen molar-refractivity contribution in [2.45, 2.75) is 18.0 Å². The summed E-state index contributed by atoms with van der Waals surface area (Å²) in [5, 5.41) is 5.84. The van der Waals surface area contributed by atoms with E-state index in [2.05, 4.69) is 26.7 Å². The number of sulfonamides is 1. The minimum Gasteiger partial charge on any atom is -0.419 e. The first-order valence-corrected chi connectivity index (χ1v) is 11.2. The molecule has 180 valence electrons. The number of hydrogen-bond donors (Lipinski definition) is 2. The first-order valence-electron chi connectivity index (χ1n) is 9.31. The maximum Gasteiger partial charge on any atom is 0.417 e. The third kappa shape index (κ3) is 5.66. The molecule has 3 rings (SSSR count). The van der Waals surface area contributed by atoms with E-state index in [0.29, 0.717) is 11.6 Å². The lowest BCUT2D eigenvalue weighted by molar-refractivity contribution is -0.137.